The van der Waals surface area contributed by atoms with Crippen LogP contribution in [0, 0.1) is 5.82 Å². The third kappa shape index (κ3) is 3.86. The summed E-state index contributed by atoms with van der Waals surface area (Å²) in [5.74, 6) is -2.78. The number of hydrogen-bond donors (Lipinski definition) is 2. The summed E-state index contributed by atoms with van der Waals surface area (Å²) in [6.07, 6.45) is -1.38. The van der Waals surface area contributed by atoms with Crippen molar-refractivity contribution in [1.82, 2.24) is 9.97 Å². The van der Waals surface area contributed by atoms with Gasteiger partial charge in [-0.05, 0) is 23.3 Å². The first-order valence-electron chi connectivity index (χ1n) is 6.54. The van der Waals surface area contributed by atoms with E-state index >= 15 is 0 Å². The van der Waals surface area contributed by atoms with Crippen LogP contribution in [0.15, 0.2) is 36.8 Å². The van der Waals surface area contributed by atoms with Crippen molar-refractivity contribution in [2.75, 3.05) is 0 Å². The van der Waals surface area contributed by atoms with Gasteiger partial charge in [-0.25, -0.2) is 19.2 Å². The van der Waals surface area contributed by atoms with Crippen molar-refractivity contribution in [3.8, 4) is 0 Å². The Morgan fingerprint density at radius 3 is 2.33 bits per heavy atom. The molecule has 0 aliphatic carbocycles. The lowest BCUT2D eigenvalue weighted by Crippen LogP contribution is -2.09. The number of aliphatic carboxylic acids is 1. The Morgan fingerprint density at radius 2 is 1.83 bits per heavy atom. The van der Waals surface area contributed by atoms with E-state index in [1.807, 2.05) is 0 Å². The first kappa shape index (κ1) is 17.4. The quantitative estimate of drug-likeness (QED) is 0.659. The van der Waals surface area contributed by atoms with E-state index in [1.54, 1.807) is 0 Å². The second-order valence-corrected chi connectivity index (χ2v) is 4.79. The van der Waals surface area contributed by atoms with Crippen molar-refractivity contribution in [3.05, 3.63) is 65.1 Å². The molecule has 0 spiro atoms. The molecule has 3 N–H and O–H groups in total. The normalized spacial score (nSPS) is 12.2. The molecular formula is C15H11F4N3O2. The fourth-order valence-corrected chi connectivity index (χ4v) is 1.96. The summed E-state index contributed by atoms with van der Waals surface area (Å²) in [5.41, 5.74) is 4.17. The number of nitrogens with zero attached hydrogens (tertiary/aromatic N) is 2. The van der Waals surface area contributed by atoms with Crippen molar-refractivity contribution >= 4 is 11.5 Å². The van der Waals surface area contributed by atoms with E-state index in [1.165, 1.54) is 18.5 Å². The number of rotatable bonds is 4. The molecule has 0 radical (unpaired) electrons. The number of carboxylic acids is 1. The van der Waals surface area contributed by atoms with Gasteiger partial charge < -0.3 is 10.8 Å². The second-order valence-electron chi connectivity index (χ2n) is 4.79. The molecule has 24 heavy (non-hydrogen) atoms. The standard InChI is InChI=1S/C15H11F4N3O2/c16-12-2-1-8(4-11(12)15(17,18)19)3-9-6-21-13(22-7-9)10(5-20)14(23)24/h1-2,4-7H,3,20H2,(H,23,24)/b10-5+. The van der Waals surface area contributed by atoms with E-state index in [2.05, 4.69) is 9.97 Å². The zero-order valence-corrected chi connectivity index (χ0v) is 12.0. The summed E-state index contributed by atoms with van der Waals surface area (Å²) in [7, 11) is 0. The maximum absolute atomic E-state index is 13.2. The van der Waals surface area contributed by atoms with Crippen LogP contribution in [-0.2, 0) is 17.4 Å². The molecule has 0 saturated heterocycles. The lowest BCUT2D eigenvalue weighted by Gasteiger charge is -2.10. The van der Waals surface area contributed by atoms with E-state index in [0.717, 1.165) is 12.3 Å². The first-order valence-corrected chi connectivity index (χ1v) is 6.54. The molecule has 0 amide bonds. The third-order valence-electron chi connectivity index (χ3n) is 3.09. The number of alkyl halides is 3. The Hall–Kier alpha value is -2.97. The van der Waals surface area contributed by atoms with E-state index in [-0.39, 0.29) is 23.4 Å². The Bertz CT molecular complexity index is 786. The fraction of sp³-hybridized carbons (Fsp3) is 0.133. The van der Waals surface area contributed by atoms with Crippen LogP contribution in [0.25, 0.3) is 5.57 Å². The van der Waals surface area contributed by atoms with Crippen LogP contribution in [0.3, 0.4) is 0 Å². The van der Waals surface area contributed by atoms with Crippen LogP contribution in [-0.4, -0.2) is 21.0 Å². The Labute approximate surface area is 133 Å². The lowest BCUT2D eigenvalue weighted by atomic mass is 10.0. The van der Waals surface area contributed by atoms with E-state index in [0.29, 0.717) is 11.6 Å². The molecular weight excluding hydrogens is 330 g/mol. The van der Waals surface area contributed by atoms with E-state index < -0.39 is 23.5 Å². The van der Waals surface area contributed by atoms with Gasteiger partial charge in [0.25, 0.3) is 0 Å². The molecule has 0 unspecified atom stereocenters. The predicted molar refractivity (Wildman–Crippen MR) is 76.0 cm³/mol. The highest BCUT2D eigenvalue weighted by atomic mass is 19.4. The average molecular weight is 341 g/mol. The monoisotopic (exact) mass is 341 g/mol. The molecule has 9 heteroatoms. The highest BCUT2D eigenvalue weighted by molar-refractivity contribution is 6.13. The fourth-order valence-electron chi connectivity index (χ4n) is 1.96. The summed E-state index contributed by atoms with van der Waals surface area (Å²) in [4.78, 5) is 18.5. The molecule has 0 fully saturated rings. The van der Waals surface area contributed by atoms with Gasteiger partial charge in [0, 0.05) is 25.0 Å². The number of nitrogens with two attached hydrogens (primary N) is 1. The average Bonchev–Trinajstić information content (AvgIpc) is 2.50. The van der Waals surface area contributed by atoms with Gasteiger partial charge in [0.15, 0.2) is 5.82 Å². The molecule has 126 valence electrons. The van der Waals surface area contributed by atoms with Gasteiger partial charge in [-0.3, -0.25) is 0 Å². The van der Waals surface area contributed by atoms with Gasteiger partial charge in [0.1, 0.15) is 11.4 Å². The summed E-state index contributed by atoms with van der Waals surface area (Å²) in [5, 5.41) is 8.89. The molecule has 0 aliphatic heterocycles. The maximum atomic E-state index is 13.2. The summed E-state index contributed by atoms with van der Waals surface area (Å²) >= 11 is 0. The molecule has 1 aromatic carbocycles. The molecule has 0 bridgehead atoms. The van der Waals surface area contributed by atoms with Crippen molar-refractivity contribution < 1.29 is 27.5 Å². The van der Waals surface area contributed by atoms with Gasteiger partial charge in [-0.2, -0.15) is 13.2 Å². The van der Waals surface area contributed by atoms with Crippen LogP contribution in [0.4, 0.5) is 17.6 Å². The van der Waals surface area contributed by atoms with Gasteiger partial charge in [0.05, 0.1) is 5.56 Å². The van der Waals surface area contributed by atoms with Gasteiger partial charge >= 0.3 is 12.1 Å². The third-order valence-corrected chi connectivity index (χ3v) is 3.09. The van der Waals surface area contributed by atoms with Crippen LogP contribution in [0.1, 0.15) is 22.5 Å². The minimum Gasteiger partial charge on any atom is -0.477 e. The van der Waals surface area contributed by atoms with Crippen molar-refractivity contribution in [1.29, 1.82) is 0 Å². The van der Waals surface area contributed by atoms with E-state index in [9.17, 15) is 22.4 Å². The molecule has 1 heterocycles. The highest BCUT2D eigenvalue weighted by Crippen LogP contribution is 2.32. The minimum absolute atomic E-state index is 0.0262. The molecule has 2 rings (SSSR count). The summed E-state index contributed by atoms with van der Waals surface area (Å²) < 4.78 is 51.3. The highest BCUT2D eigenvalue weighted by Gasteiger charge is 2.34. The van der Waals surface area contributed by atoms with Gasteiger partial charge in [-0.15, -0.1) is 0 Å². The lowest BCUT2D eigenvalue weighted by molar-refractivity contribution is -0.140. The topological polar surface area (TPSA) is 89.1 Å². The molecule has 5 nitrogen and oxygen atoms in total. The second kappa shape index (κ2) is 6.65. The summed E-state index contributed by atoms with van der Waals surface area (Å²) in [6.45, 7) is 0. The zero-order chi connectivity index (χ0) is 17.9. The van der Waals surface area contributed by atoms with Crippen molar-refractivity contribution in [2.45, 2.75) is 12.6 Å². The summed E-state index contributed by atoms with van der Waals surface area (Å²) in [6, 6.07) is 2.68. The molecule has 2 aromatic rings. The molecule has 0 saturated carbocycles. The molecule has 0 atom stereocenters. The zero-order valence-electron chi connectivity index (χ0n) is 12.0. The number of hydrogen-bond acceptors (Lipinski definition) is 4. The van der Waals surface area contributed by atoms with E-state index in [4.69, 9.17) is 10.8 Å². The van der Waals surface area contributed by atoms with Crippen molar-refractivity contribution in [2.24, 2.45) is 5.73 Å². The Kier molecular flexibility index (Phi) is 4.82. The minimum atomic E-state index is -4.79. The number of halogens is 4. The van der Waals surface area contributed by atoms with Crippen LogP contribution in [0.2, 0.25) is 0 Å². The number of carbonyl (C=O) groups is 1. The van der Waals surface area contributed by atoms with Crippen LogP contribution >= 0.6 is 0 Å². The number of aromatic nitrogens is 2. The van der Waals surface area contributed by atoms with Crippen LogP contribution < -0.4 is 5.73 Å². The molecule has 1 aromatic heterocycles. The smallest absolute Gasteiger partial charge is 0.419 e. The van der Waals surface area contributed by atoms with Crippen molar-refractivity contribution in [3.63, 3.8) is 0 Å². The number of benzene rings is 1. The maximum Gasteiger partial charge on any atom is 0.419 e. The SMILES string of the molecule is N/C=C(/C(=O)O)c1ncc(Cc2ccc(F)c(C(F)(F)F)c2)cn1. The Balaban J connectivity index is 2.25. The van der Waals surface area contributed by atoms with Gasteiger partial charge in [-0.1, -0.05) is 6.07 Å². The Morgan fingerprint density at radius 1 is 1.21 bits per heavy atom. The number of carboxylic acid groups (broad SMARTS) is 1. The van der Waals surface area contributed by atoms with Gasteiger partial charge in [0.2, 0.25) is 0 Å². The molecule has 0 aliphatic rings. The van der Waals surface area contributed by atoms with Crippen LogP contribution in [0.5, 0.6) is 0 Å². The first-order chi connectivity index (χ1) is 11.2. The largest absolute Gasteiger partial charge is 0.477 e. The predicted octanol–water partition coefficient (Wildman–Crippen LogP) is 2.61.